The van der Waals surface area contributed by atoms with E-state index in [2.05, 4.69) is 20.3 Å². The van der Waals surface area contributed by atoms with Gasteiger partial charge >= 0.3 is 17.9 Å². The summed E-state index contributed by atoms with van der Waals surface area (Å²) in [7, 11) is -4.47. The van der Waals surface area contributed by atoms with Gasteiger partial charge in [-0.05, 0) is 79.1 Å². The van der Waals surface area contributed by atoms with Crippen molar-refractivity contribution in [3.63, 3.8) is 0 Å². The second kappa shape index (κ2) is 25.4. The number of benzene rings is 3. The zero-order valence-electron chi connectivity index (χ0n) is 38.4. The smallest absolute Gasteiger partial charge is 0.305 e. The van der Waals surface area contributed by atoms with Gasteiger partial charge in [0.15, 0.2) is 17.3 Å². The van der Waals surface area contributed by atoms with Crippen LogP contribution >= 0.6 is 0 Å². The number of carboxylic acids is 3. The molecule has 0 saturated carbocycles. The van der Waals surface area contributed by atoms with Crippen molar-refractivity contribution in [3.05, 3.63) is 102 Å². The van der Waals surface area contributed by atoms with Crippen LogP contribution in [0.25, 0.3) is 10.9 Å². The normalized spacial score (nSPS) is 13.7. The third-order valence-corrected chi connectivity index (χ3v) is 13.1. The molecule has 0 bridgehead atoms. The number of H-pyrrole nitrogens is 1. The fourth-order valence-electron chi connectivity index (χ4n) is 7.76. The van der Waals surface area contributed by atoms with Gasteiger partial charge in [0.05, 0.1) is 29.9 Å². The minimum Gasteiger partial charge on any atom is -0.481 e. The third kappa shape index (κ3) is 17.3. The molecule has 0 fully saturated rings. The maximum atomic E-state index is 14.4. The molecule has 370 valence electrons. The van der Waals surface area contributed by atoms with Gasteiger partial charge in [-0.25, -0.2) is 17.5 Å². The number of fused-ring (bicyclic) bond motifs is 1. The number of sulfonamides is 1. The molecular weight excluding hydrogens is 920 g/mol. The predicted molar refractivity (Wildman–Crippen MR) is 248 cm³/mol. The van der Waals surface area contributed by atoms with Gasteiger partial charge in [-0.2, -0.15) is 0 Å². The molecule has 4 aromatic rings. The Bertz CT molecular complexity index is 2650. The van der Waals surface area contributed by atoms with Gasteiger partial charge in [-0.15, -0.1) is 0 Å². The molecule has 20 heteroatoms. The van der Waals surface area contributed by atoms with Gasteiger partial charge < -0.3 is 30.9 Å². The highest BCUT2D eigenvalue weighted by atomic mass is 32.2. The fourth-order valence-corrected chi connectivity index (χ4v) is 8.98. The summed E-state index contributed by atoms with van der Waals surface area (Å²) in [6, 6.07) is 14.9. The summed E-state index contributed by atoms with van der Waals surface area (Å²) in [5.41, 5.74) is 2.46. The molecule has 5 atom stereocenters. The fraction of sp³-hybridized carbons (Fsp3) is 0.408. The molecule has 1 aromatic heterocycles. The summed E-state index contributed by atoms with van der Waals surface area (Å²) in [5.74, 6) is -13.0. The summed E-state index contributed by atoms with van der Waals surface area (Å²) in [5, 5.41) is 34.0. The number of para-hydroxylation sites is 1. The van der Waals surface area contributed by atoms with Crippen molar-refractivity contribution < 1.29 is 71.3 Å². The van der Waals surface area contributed by atoms with Crippen molar-refractivity contribution in [1.82, 2.24) is 20.3 Å². The van der Waals surface area contributed by atoms with Crippen molar-refractivity contribution in [2.75, 3.05) is 6.54 Å². The molecule has 0 aliphatic carbocycles. The SMILES string of the molecule is CC(=O)[C@H](CCC(=O)O)CC(=O)[C@H](Cc1c[nH]c2ccccc12)NC(=O)[C@@H](CC(=O)CNC(=O)[C@H](CCC(=O)O)CC(=O)[C@@H](CC(=O)O)NS(=O)(=O)c1ccc(C(C)C)cc1)Cc1cccc(F)c1. The van der Waals surface area contributed by atoms with Crippen molar-refractivity contribution >= 4 is 73.8 Å². The van der Waals surface area contributed by atoms with Crippen LogP contribution in [-0.2, 0) is 66.0 Å². The number of carbonyl (C=O) groups excluding carboxylic acids is 6. The predicted octanol–water partition coefficient (Wildman–Crippen LogP) is 4.68. The maximum absolute atomic E-state index is 14.4. The van der Waals surface area contributed by atoms with Crippen molar-refractivity contribution in [3.8, 4) is 0 Å². The summed E-state index contributed by atoms with van der Waals surface area (Å²) >= 11 is 0. The quantitative estimate of drug-likeness (QED) is 0.0373. The molecule has 0 aliphatic rings. The Morgan fingerprint density at radius 3 is 1.91 bits per heavy atom. The first-order valence-corrected chi connectivity index (χ1v) is 23.7. The van der Waals surface area contributed by atoms with E-state index in [0.717, 1.165) is 22.5 Å². The lowest BCUT2D eigenvalue weighted by atomic mass is 9.88. The lowest BCUT2D eigenvalue weighted by molar-refractivity contribution is -0.140. The molecule has 2 amide bonds. The largest absolute Gasteiger partial charge is 0.481 e. The number of halogens is 1. The van der Waals surface area contributed by atoms with Crippen molar-refractivity contribution in [1.29, 1.82) is 0 Å². The number of ketones is 4. The van der Waals surface area contributed by atoms with Crippen molar-refractivity contribution in [2.45, 2.75) is 108 Å². The number of aromatic amines is 1. The number of aromatic nitrogens is 1. The van der Waals surface area contributed by atoms with Crippen LogP contribution in [0.3, 0.4) is 0 Å². The van der Waals surface area contributed by atoms with Gasteiger partial charge in [0.1, 0.15) is 11.6 Å². The van der Waals surface area contributed by atoms with Gasteiger partial charge in [0, 0.05) is 73.4 Å². The van der Waals surface area contributed by atoms with Crippen LogP contribution in [-0.4, -0.2) is 100 Å². The van der Waals surface area contributed by atoms with E-state index in [0.29, 0.717) is 11.1 Å². The Morgan fingerprint density at radius 2 is 1.30 bits per heavy atom. The maximum Gasteiger partial charge on any atom is 0.305 e. The van der Waals surface area contributed by atoms with E-state index in [1.54, 1.807) is 42.6 Å². The molecule has 18 nitrogen and oxygen atoms in total. The number of amides is 2. The van der Waals surface area contributed by atoms with Crippen LogP contribution < -0.4 is 15.4 Å². The Kier molecular flexibility index (Phi) is 20.2. The highest BCUT2D eigenvalue weighted by molar-refractivity contribution is 7.89. The average molecular weight is 977 g/mol. The number of hydrogen-bond acceptors (Lipinski definition) is 11. The van der Waals surface area contributed by atoms with E-state index in [4.69, 9.17) is 0 Å². The molecule has 0 saturated heterocycles. The first-order chi connectivity index (χ1) is 32.5. The van der Waals surface area contributed by atoms with E-state index >= 15 is 0 Å². The molecule has 7 N–H and O–H groups in total. The van der Waals surface area contributed by atoms with Crippen LogP contribution in [0, 0.1) is 23.6 Å². The summed E-state index contributed by atoms with van der Waals surface area (Å²) in [4.78, 5) is 119. The first-order valence-electron chi connectivity index (χ1n) is 22.3. The van der Waals surface area contributed by atoms with Crippen molar-refractivity contribution in [2.24, 2.45) is 17.8 Å². The molecule has 4 rings (SSSR count). The second-order valence-electron chi connectivity index (χ2n) is 17.3. The number of carbonyl (C=O) groups is 9. The zero-order chi connectivity index (χ0) is 51.0. The van der Waals surface area contributed by atoms with E-state index in [9.17, 15) is 71.3 Å². The van der Waals surface area contributed by atoms with Gasteiger partial charge in [0.2, 0.25) is 21.8 Å². The first kappa shape index (κ1) is 54.7. The minimum absolute atomic E-state index is 0.0667. The molecular formula is C49H57FN4O14S. The van der Waals surface area contributed by atoms with E-state index in [1.165, 1.54) is 37.3 Å². The molecule has 0 aliphatic heterocycles. The third-order valence-electron chi connectivity index (χ3n) is 11.7. The number of rotatable bonds is 30. The number of carboxylic acid groups (broad SMARTS) is 3. The molecule has 3 aromatic carbocycles. The van der Waals surface area contributed by atoms with Crippen LogP contribution in [0.5, 0.6) is 0 Å². The second-order valence-corrected chi connectivity index (χ2v) is 19.0. The zero-order valence-corrected chi connectivity index (χ0v) is 39.2. The number of nitrogens with one attached hydrogen (secondary N) is 4. The van der Waals surface area contributed by atoms with Gasteiger partial charge in [0.25, 0.3) is 0 Å². The summed E-state index contributed by atoms with van der Waals surface area (Å²) in [6.07, 6.45) is -3.13. The number of aliphatic carboxylic acids is 3. The number of Topliss-reactive ketones (excluding diaryl/α,β-unsaturated/α-hetero) is 4. The Morgan fingerprint density at radius 1 is 0.681 bits per heavy atom. The Hall–Kier alpha value is -6.93. The van der Waals surface area contributed by atoms with Crippen LogP contribution in [0.1, 0.15) is 94.7 Å². The molecule has 0 spiro atoms. The highest BCUT2D eigenvalue weighted by Crippen LogP contribution is 2.24. The average Bonchev–Trinajstić information content (AvgIpc) is 3.69. The minimum atomic E-state index is -4.47. The highest BCUT2D eigenvalue weighted by Gasteiger charge is 2.34. The molecule has 69 heavy (non-hydrogen) atoms. The standard InChI is InChI=1S/C49H57FN4O14S/c1-28(2)31-11-15-38(16-12-31)69(67,68)54-42(25-47(63)64)44(58)24-33(14-18-46(61)62)48(65)52-27-37(56)21-34(19-30-7-6-8-36(50)20-30)49(66)53-41(22-35-26-51-40-10-5-4-9-39(35)40)43(57)23-32(29(3)55)13-17-45(59)60/h4-12,15-16,20,26,28,32-34,41-42,51,54H,13-14,17-19,21-25,27H2,1-3H3,(H,52,65)(H,53,66)(H,59,60)(H,61,62)(H,63,64)/t32-,33-,34-,41+,42-/m1/s1. The molecule has 0 radical (unpaired) electrons. The Balaban J connectivity index is 1.55. The van der Waals surface area contributed by atoms with E-state index in [1.807, 2.05) is 13.8 Å². The van der Waals surface area contributed by atoms with Crippen LogP contribution in [0.4, 0.5) is 4.39 Å². The molecule has 0 unspecified atom stereocenters. The van der Waals surface area contributed by atoms with E-state index < -0.39 is 144 Å². The Labute approximate surface area is 397 Å². The monoisotopic (exact) mass is 976 g/mol. The lowest BCUT2D eigenvalue weighted by Gasteiger charge is -2.24. The topological polar surface area (TPSA) is 300 Å². The summed E-state index contributed by atoms with van der Waals surface area (Å²) in [6.45, 7) is 4.25. The van der Waals surface area contributed by atoms with Gasteiger partial charge in [-0.3, -0.25) is 43.2 Å². The van der Waals surface area contributed by atoms with E-state index in [-0.39, 0.29) is 36.5 Å². The number of hydrogen-bond donors (Lipinski definition) is 7. The van der Waals surface area contributed by atoms with Crippen LogP contribution in [0.2, 0.25) is 0 Å². The summed E-state index contributed by atoms with van der Waals surface area (Å²) < 4.78 is 43.0. The van der Waals surface area contributed by atoms with Gasteiger partial charge in [-0.1, -0.05) is 56.3 Å². The lowest BCUT2D eigenvalue weighted by Crippen LogP contribution is -2.47. The molecule has 1 heterocycles. The van der Waals surface area contributed by atoms with Crippen LogP contribution in [0.15, 0.2) is 83.9 Å².